The summed E-state index contributed by atoms with van der Waals surface area (Å²) in [5.74, 6) is 0.348. The molecule has 10 heteroatoms. The van der Waals surface area contributed by atoms with Crippen LogP contribution in [0.5, 0.6) is 5.75 Å². The minimum absolute atomic E-state index is 0.139. The summed E-state index contributed by atoms with van der Waals surface area (Å²) in [4.78, 5) is 13.1. The summed E-state index contributed by atoms with van der Waals surface area (Å²) in [5.41, 5.74) is 1.35. The molecule has 4 rings (SSSR count). The van der Waals surface area contributed by atoms with Crippen molar-refractivity contribution in [3.8, 4) is 5.75 Å². The Hall–Kier alpha value is -2.50. The molecule has 2 aliphatic rings. The largest absolute Gasteiger partial charge is 0.496 e. The molecule has 1 amide bonds. The number of rotatable bonds is 11. The maximum Gasteiger partial charge on any atom is 0.282 e. The smallest absolute Gasteiger partial charge is 0.282 e. The van der Waals surface area contributed by atoms with Crippen LogP contribution in [0.3, 0.4) is 0 Å². The van der Waals surface area contributed by atoms with E-state index in [-0.39, 0.29) is 17.4 Å². The second-order valence-electron chi connectivity index (χ2n) is 9.88. The molecule has 2 fully saturated rings. The van der Waals surface area contributed by atoms with E-state index in [4.69, 9.17) is 14.2 Å². The third-order valence-corrected chi connectivity index (χ3v) is 9.84. The molecule has 0 radical (unpaired) electrons. The molecule has 1 saturated carbocycles. The maximum atomic E-state index is 13.6. The number of amides is 1. The molecule has 0 unspecified atom stereocenters. The number of nitrogens with zero attached hydrogens (tertiary/aromatic N) is 2. The molecule has 0 bridgehead atoms. The van der Waals surface area contributed by atoms with Gasteiger partial charge in [-0.05, 0) is 43.4 Å². The van der Waals surface area contributed by atoms with E-state index in [9.17, 15) is 13.2 Å². The molecule has 1 N–H and O–H groups in total. The number of hydrogen-bond donors (Lipinski definition) is 1. The molecule has 208 valence electrons. The highest BCUT2D eigenvalue weighted by molar-refractivity contribution is 7.86. The monoisotopic (exact) mass is 545 g/mol. The van der Waals surface area contributed by atoms with E-state index in [1.54, 1.807) is 30.7 Å². The van der Waals surface area contributed by atoms with Gasteiger partial charge >= 0.3 is 0 Å². The van der Waals surface area contributed by atoms with Crippen molar-refractivity contribution >= 4 is 16.1 Å². The first-order valence-electron chi connectivity index (χ1n) is 13.2. The second-order valence-corrected chi connectivity index (χ2v) is 11.8. The van der Waals surface area contributed by atoms with E-state index in [0.29, 0.717) is 70.2 Å². The number of nitrogens with one attached hydrogen (secondary N) is 1. The molecule has 2 aromatic carbocycles. The Labute approximate surface area is 226 Å². The number of para-hydroxylation sites is 1. The van der Waals surface area contributed by atoms with Crippen LogP contribution in [0.4, 0.5) is 0 Å². The van der Waals surface area contributed by atoms with Crippen LogP contribution in [-0.4, -0.2) is 89.2 Å². The number of carbonyl (C=O) groups excluding carboxylic acids is 1. The Kier molecular flexibility index (Phi) is 9.78. The standard InChI is InChI=1S/C28H39N3O6S/c1-35-19-18-31(38(33,34)30-16-20-37-21-17-30)24-12-14-28(15-13-24,23-8-4-3-5-9-23)22-29-27(32)25-10-6-7-11-26(25)36-2/h3-11,24H,12-22H2,1-2H3,(H,29,32). The zero-order valence-electron chi connectivity index (χ0n) is 22.3. The van der Waals surface area contributed by atoms with Gasteiger partial charge in [0.05, 0.1) is 32.5 Å². The van der Waals surface area contributed by atoms with Crippen molar-refractivity contribution in [2.75, 3.05) is 60.2 Å². The molecule has 0 atom stereocenters. The molecular formula is C28H39N3O6S. The van der Waals surface area contributed by atoms with Crippen molar-refractivity contribution in [1.82, 2.24) is 13.9 Å². The summed E-state index contributed by atoms with van der Waals surface area (Å²) in [5, 5.41) is 3.15. The molecule has 2 aromatic rings. The molecule has 1 heterocycles. The average molecular weight is 546 g/mol. The topological polar surface area (TPSA) is 97.4 Å². The summed E-state index contributed by atoms with van der Waals surface area (Å²) < 4.78 is 46.4. The zero-order chi connectivity index (χ0) is 27.0. The van der Waals surface area contributed by atoms with Gasteiger partial charge in [0.25, 0.3) is 16.1 Å². The minimum Gasteiger partial charge on any atom is -0.496 e. The van der Waals surface area contributed by atoms with Crippen LogP contribution in [0.2, 0.25) is 0 Å². The predicted molar refractivity (Wildman–Crippen MR) is 146 cm³/mol. The Morgan fingerprint density at radius 3 is 2.37 bits per heavy atom. The fraction of sp³-hybridized carbons (Fsp3) is 0.536. The molecule has 1 aliphatic heterocycles. The molecule has 38 heavy (non-hydrogen) atoms. The lowest BCUT2D eigenvalue weighted by Crippen LogP contribution is -2.55. The molecule has 1 aliphatic carbocycles. The van der Waals surface area contributed by atoms with Gasteiger partial charge in [-0.2, -0.15) is 17.0 Å². The van der Waals surface area contributed by atoms with Gasteiger partial charge < -0.3 is 19.5 Å². The van der Waals surface area contributed by atoms with E-state index in [2.05, 4.69) is 17.4 Å². The quantitative estimate of drug-likeness (QED) is 0.467. The summed E-state index contributed by atoms with van der Waals surface area (Å²) >= 11 is 0. The molecule has 0 spiro atoms. The normalized spacial score (nSPS) is 22.8. The summed E-state index contributed by atoms with van der Waals surface area (Å²) in [6, 6.07) is 17.3. The number of methoxy groups -OCH3 is 2. The van der Waals surface area contributed by atoms with Gasteiger partial charge in [0, 0.05) is 44.7 Å². The Morgan fingerprint density at radius 1 is 1.05 bits per heavy atom. The van der Waals surface area contributed by atoms with Crippen molar-refractivity contribution in [2.24, 2.45) is 0 Å². The lowest BCUT2D eigenvalue weighted by atomic mass is 9.68. The van der Waals surface area contributed by atoms with Gasteiger partial charge in [-0.15, -0.1) is 0 Å². The SMILES string of the molecule is COCCN(C1CCC(CNC(=O)c2ccccc2OC)(c2ccccc2)CC1)S(=O)(=O)N1CCOCC1. The number of hydrogen-bond acceptors (Lipinski definition) is 6. The van der Waals surface area contributed by atoms with Crippen LogP contribution in [0.1, 0.15) is 41.6 Å². The maximum absolute atomic E-state index is 13.6. The molecule has 0 aromatic heterocycles. The van der Waals surface area contributed by atoms with E-state index in [1.165, 1.54) is 4.31 Å². The zero-order valence-corrected chi connectivity index (χ0v) is 23.1. The van der Waals surface area contributed by atoms with Crippen LogP contribution in [0.25, 0.3) is 0 Å². The summed E-state index contributed by atoms with van der Waals surface area (Å²) in [6.07, 6.45) is 2.87. The van der Waals surface area contributed by atoms with Crippen LogP contribution in [0.15, 0.2) is 54.6 Å². The highest BCUT2D eigenvalue weighted by Gasteiger charge is 2.42. The molecule has 9 nitrogen and oxygen atoms in total. The number of benzene rings is 2. The fourth-order valence-electron chi connectivity index (χ4n) is 5.57. The third kappa shape index (κ3) is 6.38. The summed E-state index contributed by atoms with van der Waals surface area (Å²) in [6.45, 7) is 2.64. The van der Waals surface area contributed by atoms with E-state index < -0.39 is 10.2 Å². The Bertz CT molecular complexity index is 1150. The van der Waals surface area contributed by atoms with E-state index in [1.807, 2.05) is 30.3 Å². The average Bonchev–Trinajstić information content (AvgIpc) is 2.97. The van der Waals surface area contributed by atoms with Crippen LogP contribution >= 0.6 is 0 Å². The van der Waals surface area contributed by atoms with Crippen molar-refractivity contribution in [3.63, 3.8) is 0 Å². The Balaban J connectivity index is 1.52. The molecule has 1 saturated heterocycles. The number of carbonyl (C=O) groups is 1. The number of ether oxygens (including phenoxy) is 3. The van der Waals surface area contributed by atoms with Crippen LogP contribution < -0.4 is 10.1 Å². The van der Waals surface area contributed by atoms with Gasteiger partial charge in [-0.3, -0.25) is 4.79 Å². The highest BCUT2D eigenvalue weighted by Crippen LogP contribution is 2.41. The molecular weight excluding hydrogens is 506 g/mol. The first-order chi connectivity index (χ1) is 18.4. The summed E-state index contributed by atoms with van der Waals surface area (Å²) in [7, 11) is -0.501. The van der Waals surface area contributed by atoms with Gasteiger partial charge in [-0.25, -0.2) is 0 Å². The van der Waals surface area contributed by atoms with Crippen LogP contribution in [-0.2, 0) is 25.1 Å². The highest BCUT2D eigenvalue weighted by atomic mass is 32.2. The lowest BCUT2D eigenvalue weighted by molar-refractivity contribution is 0.0659. The first-order valence-corrected chi connectivity index (χ1v) is 14.6. The van der Waals surface area contributed by atoms with Crippen molar-refractivity contribution in [3.05, 3.63) is 65.7 Å². The van der Waals surface area contributed by atoms with Crippen molar-refractivity contribution in [1.29, 1.82) is 0 Å². The second kappa shape index (κ2) is 13.0. The van der Waals surface area contributed by atoms with E-state index in [0.717, 1.165) is 18.4 Å². The lowest BCUT2D eigenvalue weighted by Gasteiger charge is -2.44. The van der Waals surface area contributed by atoms with Crippen molar-refractivity contribution in [2.45, 2.75) is 37.1 Å². The Morgan fingerprint density at radius 2 is 1.71 bits per heavy atom. The van der Waals surface area contributed by atoms with Gasteiger partial charge in [0.1, 0.15) is 5.75 Å². The third-order valence-electron chi connectivity index (χ3n) is 7.75. The van der Waals surface area contributed by atoms with Gasteiger partial charge in [0.2, 0.25) is 0 Å². The van der Waals surface area contributed by atoms with Crippen molar-refractivity contribution < 1.29 is 27.4 Å². The van der Waals surface area contributed by atoms with Gasteiger partial charge in [-0.1, -0.05) is 42.5 Å². The minimum atomic E-state index is -3.64. The van der Waals surface area contributed by atoms with E-state index >= 15 is 0 Å². The fourth-order valence-corrected chi connectivity index (χ4v) is 7.37. The van der Waals surface area contributed by atoms with Gasteiger partial charge in [0.15, 0.2) is 0 Å². The first kappa shape index (κ1) is 28.5. The predicted octanol–water partition coefficient (Wildman–Crippen LogP) is 2.83. The van der Waals surface area contributed by atoms with Crippen LogP contribution in [0, 0.1) is 0 Å². The number of morpholine rings is 1.